The van der Waals surface area contributed by atoms with Crippen LogP contribution in [0.5, 0.6) is 0 Å². The van der Waals surface area contributed by atoms with Gasteiger partial charge in [-0.2, -0.15) is 0 Å². The first kappa shape index (κ1) is 13.1. The Kier molecular flexibility index (Phi) is 4.41. The summed E-state index contributed by atoms with van der Waals surface area (Å²) in [6.07, 6.45) is 0.779. The quantitative estimate of drug-likeness (QED) is 0.477. The highest BCUT2D eigenvalue weighted by Crippen LogP contribution is 2.31. The lowest BCUT2D eigenvalue weighted by molar-refractivity contribution is -0.385. The zero-order chi connectivity index (χ0) is 12.3. The second-order valence-electron chi connectivity index (χ2n) is 3.66. The largest absolute Gasteiger partial charge is 0.272 e. The van der Waals surface area contributed by atoms with Crippen LogP contribution in [-0.4, -0.2) is 9.75 Å². The van der Waals surface area contributed by atoms with Gasteiger partial charge in [-0.1, -0.05) is 29.8 Å². The summed E-state index contributed by atoms with van der Waals surface area (Å²) in [4.78, 5) is 10.0. The molecule has 0 spiro atoms. The van der Waals surface area contributed by atoms with Gasteiger partial charge in [0.05, 0.1) is 11.0 Å². The Morgan fingerprint density at radius 1 is 1.56 bits per heavy atom. The van der Waals surface area contributed by atoms with Gasteiger partial charge in [0.25, 0.3) is 5.69 Å². The summed E-state index contributed by atoms with van der Waals surface area (Å²) in [5.74, 6) is -0.479. The molecule has 3 nitrogen and oxygen atoms in total. The van der Waals surface area contributed by atoms with Crippen LogP contribution in [0.1, 0.15) is 31.7 Å². The molecular formula is C11H13BrFNO2. The van der Waals surface area contributed by atoms with E-state index < -0.39 is 10.7 Å². The Hall–Kier alpha value is -0.970. The van der Waals surface area contributed by atoms with Crippen molar-refractivity contribution in [2.75, 3.05) is 0 Å². The highest BCUT2D eigenvalue weighted by Gasteiger charge is 2.20. The van der Waals surface area contributed by atoms with E-state index in [9.17, 15) is 14.5 Å². The van der Waals surface area contributed by atoms with E-state index >= 15 is 0 Å². The van der Waals surface area contributed by atoms with Crippen LogP contribution >= 0.6 is 15.9 Å². The van der Waals surface area contributed by atoms with Gasteiger partial charge in [-0.05, 0) is 24.0 Å². The second kappa shape index (κ2) is 5.39. The average molecular weight is 290 g/mol. The molecule has 0 fully saturated rings. The molecular weight excluding hydrogens is 277 g/mol. The Labute approximate surface area is 102 Å². The number of nitro benzene ring substituents is 1. The third kappa shape index (κ3) is 2.78. The Balaban J connectivity index is 3.11. The van der Waals surface area contributed by atoms with Crippen LogP contribution in [0.2, 0.25) is 0 Å². The van der Waals surface area contributed by atoms with Crippen LogP contribution in [0, 0.1) is 15.9 Å². The minimum atomic E-state index is -0.592. The average Bonchev–Trinajstić information content (AvgIpc) is 2.20. The lowest BCUT2D eigenvalue weighted by Gasteiger charge is -2.18. The molecule has 0 radical (unpaired) electrons. The summed E-state index contributed by atoms with van der Waals surface area (Å²) >= 11 is 3.42. The molecule has 0 bridgehead atoms. The zero-order valence-electron chi connectivity index (χ0n) is 9.11. The van der Waals surface area contributed by atoms with Crippen molar-refractivity contribution in [1.29, 1.82) is 0 Å². The molecule has 0 aliphatic rings. The van der Waals surface area contributed by atoms with Gasteiger partial charge in [0.2, 0.25) is 0 Å². The van der Waals surface area contributed by atoms with Crippen LogP contribution < -0.4 is 0 Å². The maximum atomic E-state index is 13.7. The van der Waals surface area contributed by atoms with Crippen LogP contribution in [0.15, 0.2) is 18.2 Å². The molecule has 2 unspecified atom stereocenters. The van der Waals surface area contributed by atoms with Crippen LogP contribution in [-0.2, 0) is 0 Å². The molecule has 0 amide bonds. The fraction of sp³-hybridized carbons (Fsp3) is 0.455. The number of rotatable bonds is 4. The molecule has 0 saturated carbocycles. The molecule has 16 heavy (non-hydrogen) atoms. The van der Waals surface area contributed by atoms with Crippen molar-refractivity contribution in [2.24, 2.45) is 0 Å². The normalized spacial score (nSPS) is 14.5. The molecule has 88 valence electrons. The summed E-state index contributed by atoms with van der Waals surface area (Å²) in [7, 11) is 0. The van der Waals surface area contributed by atoms with Crippen LogP contribution in [0.3, 0.4) is 0 Å². The van der Waals surface area contributed by atoms with E-state index in [0.29, 0.717) is 5.56 Å². The van der Waals surface area contributed by atoms with Gasteiger partial charge < -0.3 is 0 Å². The van der Waals surface area contributed by atoms with Gasteiger partial charge in [0.15, 0.2) is 0 Å². The van der Waals surface area contributed by atoms with Gasteiger partial charge in [0, 0.05) is 10.9 Å². The summed E-state index contributed by atoms with van der Waals surface area (Å²) < 4.78 is 13.7. The highest BCUT2D eigenvalue weighted by atomic mass is 79.9. The number of alkyl halides is 1. The van der Waals surface area contributed by atoms with E-state index in [1.165, 1.54) is 12.1 Å². The Morgan fingerprint density at radius 3 is 2.56 bits per heavy atom. The van der Waals surface area contributed by atoms with Gasteiger partial charge in [-0.3, -0.25) is 10.1 Å². The summed E-state index contributed by atoms with van der Waals surface area (Å²) in [6.45, 7) is 3.90. The Morgan fingerprint density at radius 2 is 2.19 bits per heavy atom. The van der Waals surface area contributed by atoms with Crippen LogP contribution in [0.4, 0.5) is 10.1 Å². The highest BCUT2D eigenvalue weighted by molar-refractivity contribution is 9.09. The molecule has 0 aliphatic heterocycles. The molecule has 0 aromatic heterocycles. The number of hydrogen-bond acceptors (Lipinski definition) is 2. The zero-order valence-corrected chi connectivity index (χ0v) is 10.7. The molecule has 0 aliphatic carbocycles. The van der Waals surface area contributed by atoms with Crippen molar-refractivity contribution in [3.8, 4) is 0 Å². The minimum absolute atomic E-state index is 0.0285. The monoisotopic (exact) mass is 289 g/mol. The molecule has 1 aromatic rings. The first-order valence-corrected chi connectivity index (χ1v) is 5.96. The van der Waals surface area contributed by atoms with Gasteiger partial charge in [-0.15, -0.1) is 0 Å². The van der Waals surface area contributed by atoms with Gasteiger partial charge in [0.1, 0.15) is 5.82 Å². The van der Waals surface area contributed by atoms with Crippen molar-refractivity contribution in [3.63, 3.8) is 0 Å². The van der Waals surface area contributed by atoms with E-state index in [4.69, 9.17) is 0 Å². The molecule has 0 heterocycles. The molecule has 2 atom stereocenters. The van der Waals surface area contributed by atoms with Crippen LogP contribution in [0.25, 0.3) is 0 Å². The fourth-order valence-electron chi connectivity index (χ4n) is 1.72. The van der Waals surface area contributed by atoms with Crippen molar-refractivity contribution in [2.45, 2.75) is 31.0 Å². The number of non-ortho nitro benzene ring substituents is 1. The summed E-state index contributed by atoms with van der Waals surface area (Å²) in [5, 5.41) is 10.5. The van der Waals surface area contributed by atoms with E-state index in [1.54, 1.807) is 0 Å². The third-order valence-corrected chi connectivity index (χ3v) is 3.23. The van der Waals surface area contributed by atoms with E-state index in [2.05, 4.69) is 15.9 Å². The number of halogens is 2. The van der Waals surface area contributed by atoms with Crippen molar-refractivity contribution >= 4 is 21.6 Å². The molecule has 5 heteroatoms. The van der Waals surface area contributed by atoms with E-state index in [-0.39, 0.29) is 16.4 Å². The Bertz CT molecular complexity index is 396. The van der Waals surface area contributed by atoms with Gasteiger partial charge in [-0.25, -0.2) is 4.39 Å². The first-order valence-electron chi connectivity index (χ1n) is 5.05. The number of hydrogen-bond donors (Lipinski definition) is 0. The lowest BCUT2D eigenvalue weighted by Crippen LogP contribution is -2.10. The van der Waals surface area contributed by atoms with Crippen molar-refractivity contribution in [3.05, 3.63) is 39.7 Å². The number of nitro groups is 1. The number of benzene rings is 1. The van der Waals surface area contributed by atoms with Crippen molar-refractivity contribution < 1.29 is 9.31 Å². The minimum Gasteiger partial charge on any atom is -0.258 e. The first-order chi connectivity index (χ1) is 7.47. The molecule has 1 rings (SSSR count). The summed E-state index contributed by atoms with van der Waals surface area (Å²) in [6, 6.07) is 3.82. The standard InChI is InChI=1S/C11H13BrFNO2/c1-3-9(7(2)12)10-5-4-8(14(15)16)6-11(10)13/h4-7,9H,3H2,1-2H3. The fourth-order valence-corrected chi connectivity index (χ4v) is 2.38. The predicted octanol–water partition coefficient (Wildman–Crippen LogP) is 4.01. The second-order valence-corrected chi connectivity index (χ2v) is 5.10. The maximum absolute atomic E-state index is 13.7. The SMILES string of the molecule is CCC(c1ccc([N+](=O)[O-])cc1F)C(C)Br. The summed E-state index contributed by atoms with van der Waals surface area (Å²) in [5.41, 5.74) is 0.316. The topological polar surface area (TPSA) is 43.1 Å². The lowest BCUT2D eigenvalue weighted by atomic mass is 9.93. The maximum Gasteiger partial charge on any atom is 0.272 e. The van der Waals surface area contributed by atoms with Crippen molar-refractivity contribution in [1.82, 2.24) is 0 Å². The predicted molar refractivity (Wildman–Crippen MR) is 64.5 cm³/mol. The molecule has 0 N–H and O–H groups in total. The molecule has 0 saturated heterocycles. The third-order valence-electron chi connectivity index (χ3n) is 2.59. The number of nitrogens with zero attached hydrogens (tertiary/aromatic N) is 1. The molecule has 1 aromatic carbocycles. The van der Waals surface area contributed by atoms with E-state index in [1.807, 2.05) is 13.8 Å². The smallest absolute Gasteiger partial charge is 0.258 e. The van der Waals surface area contributed by atoms with E-state index in [0.717, 1.165) is 12.5 Å². The van der Waals surface area contributed by atoms with Gasteiger partial charge >= 0.3 is 0 Å².